The number of allylic oxidation sites excluding steroid dienone is 6. The number of hydrogen-bond acceptors (Lipinski definition) is 4. The molecule has 0 heterocycles. The van der Waals surface area contributed by atoms with Crippen molar-refractivity contribution in [2.75, 3.05) is 5.73 Å². The van der Waals surface area contributed by atoms with Crippen LogP contribution in [0, 0.1) is 11.8 Å². The zero-order valence-electron chi connectivity index (χ0n) is 13.8. The summed E-state index contributed by atoms with van der Waals surface area (Å²) in [6, 6.07) is 7.30. The van der Waals surface area contributed by atoms with Gasteiger partial charge in [-0.15, -0.1) is 0 Å². The van der Waals surface area contributed by atoms with Gasteiger partial charge in [0.05, 0.1) is 0 Å². The van der Waals surface area contributed by atoms with Crippen LogP contribution >= 0.6 is 0 Å². The average molecular weight is 332 g/mol. The van der Waals surface area contributed by atoms with E-state index in [0.29, 0.717) is 35.1 Å². The summed E-state index contributed by atoms with van der Waals surface area (Å²) in [6.45, 7) is 0. The Kier molecular flexibility index (Phi) is 5.28. The Morgan fingerprint density at radius 2 is 2.00 bits per heavy atom. The van der Waals surface area contributed by atoms with Gasteiger partial charge in [0.2, 0.25) is 0 Å². The van der Waals surface area contributed by atoms with Crippen LogP contribution in [-0.4, -0.2) is 6.10 Å². The molecule has 0 amide bonds. The maximum Gasteiger partial charge on any atom is 0.181 e. The van der Waals surface area contributed by atoms with E-state index in [1.807, 2.05) is 54.7 Å². The Bertz CT molecular complexity index is 848. The third-order valence-electron chi connectivity index (χ3n) is 3.49. The third kappa shape index (κ3) is 5.08. The van der Waals surface area contributed by atoms with Crippen LogP contribution in [-0.2, 0) is 4.74 Å². The molecule has 2 aliphatic carbocycles. The third-order valence-corrected chi connectivity index (χ3v) is 3.49. The molecule has 1 aromatic rings. The molecule has 1 aromatic carbocycles. The largest absolute Gasteiger partial charge is 0.474 e. The maximum atomic E-state index is 5.99. The Labute approximate surface area is 147 Å². The first-order chi connectivity index (χ1) is 12.2. The van der Waals surface area contributed by atoms with Crippen LogP contribution in [0.2, 0.25) is 0 Å². The van der Waals surface area contributed by atoms with Crippen LogP contribution in [0.1, 0.15) is 12.8 Å². The number of ether oxygens (including phenoxy) is 2. The highest BCUT2D eigenvalue weighted by molar-refractivity contribution is 5.44. The SMILES string of the molecule is NC1=CC(OC2C#CC/C=C\C(Oc3cccc(N)c3)=C/2)=CCC=C1. The quantitative estimate of drug-likeness (QED) is 0.653. The van der Waals surface area contributed by atoms with Gasteiger partial charge in [0.15, 0.2) is 6.10 Å². The van der Waals surface area contributed by atoms with Crippen LogP contribution in [0.25, 0.3) is 0 Å². The average Bonchev–Trinajstić information content (AvgIpc) is 2.75. The van der Waals surface area contributed by atoms with Gasteiger partial charge >= 0.3 is 0 Å². The highest BCUT2D eigenvalue weighted by Gasteiger charge is 2.10. The van der Waals surface area contributed by atoms with Crippen LogP contribution in [0.4, 0.5) is 5.69 Å². The van der Waals surface area contributed by atoms with E-state index in [0.717, 1.165) is 6.42 Å². The van der Waals surface area contributed by atoms with E-state index in [1.54, 1.807) is 12.1 Å². The first kappa shape index (κ1) is 16.5. The van der Waals surface area contributed by atoms with Crippen LogP contribution < -0.4 is 16.2 Å². The van der Waals surface area contributed by atoms with Gasteiger partial charge < -0.3 is 20.9 Å². The topological polar surface area (TPSA) is 70.5 Å². The first-order valence-corrected chi connectivity index (χ1v) is 8.10. The lowest BCUT2D eigenvalue weighted by Gasteiger charge is -2.14. The van der Waals surface area contributed by atoms with E-state index in [1.165, 1.54) is 0 Å². The minimum absolute atomic E-state index is 0.422. The molecule has 0 spiro atoms. The standard InChI is InChI=1S/C21H20N2O2/c22-16-7-4-5-11-18(13-16)24-20-9-2-1-3-10-21(15-20)25-19-12-6-8-17(23)14-19/h3-4,6-8,10-15,20H,1,5,22-23H2/b10-3-,21-15+. The normalized spacial score (nSPS) is 22.6. The zero-order valence-corrected chi connectivity index (χ0v) is 13.8. The Morgan fingerprint density at radius 3 is 2.88 bits per heavy atom. The fraction of sp³-hybridized carbons (Fsp3) is 0.143. The predicted octanol–water partition coefficient (Wildman–Crippen LogP) is 3.57. The second kappa shape index (κ2) is 7.98. The molecule has 0 aliphatic heterocycles. The van der Waals surface area contributed by atoms with Gasteiger partial charge in [0.25, 0.3) is 0 Å². The van der Waals surface area contributed by atoms with Crippen LogP contribution in [0.5, 0.6) is 5.75 Å². The van der Waals surface area contributed by atoms with Gasteiger partial charge in [0.1, 0.15) is 17.3 Å². The summed E-state index contributed by atoms with van der Waals surface area (Å²) < 4.78 is 11.9. The summed E-state index contributed by atoms with van der Waals surface area (Å²) in [4.78, 5) is 0. The molecule has 0 saturated heterocycles. The summed E-state index contributed by atoms with van der Waals surface area (Å²) in [5.41, 5.74) is 13.0. The zero-order chi connectivity index (χ0) is 17.5. The highest BCUT2D eigenvalue weighted by Crippen LogP contribution is 2.20. The monoisotopic (exact) mass is 332 g/mol. The number of nitrogen functional groups attached to an aromatic ring is 1. The van der Waals surface area contributed by atoms with Crippen molar-refractivity contribution >= 4 is 5.69 Å². The second-order valence-electron chi connectivity index (χ2n) is 5.60. The molecule has 25 heavy (non-hydrogen) atoms. The van der Waals surface area contributed by atoms with Gasteiger partial charge in [0, 0.05) is 36.0 Å². The van der Waals surface area contributed by atoms with Crippen molar-refractivity contribution < 1.29 is 9.47 Å². The Balaban J connectivity index is 1.79. The van der Waals surface area contributed by atoms with E-state index in [2.05, 4.69) is 11.8 Å². The summed E-state index contributed by atoms with van der Waals surface area (Å²) in [5.74, 6) is 8.20. The fourth-order valence-corrected chi connectivity index (χ4v) is 2.37. The summed E-state index contributed by atoms with van der Waals surface area (Å²) in [7, 11) is 0. The molecular weight excluding hydrogens is 312 g/mol. The van der Waals surface area contributed by atoms with Crippen molar-refractivity contribution in [2.45, 2.75) is 18.9 Å². The number of hydrogen-bond donors (Lipinski definition) is 2. The molecular formula is C21H20N2O2. The van der Waals surface area contributed by atoms with E-state index in [4.69, 9.17) is 20.9 Å². The van der Waals surface area contributed by atoms with Crippen molar-refractivity contribution in [3.8, 4) is 17.6 Å². The Morgan fingerprint density at radius 1 is 1.08 bits per heavy atom. The van der Waals surface area contributed by atoms with Crippen molar-refractivity contribution in [2.24, 2.45) is 5.73 Å². The minimum Gasteiger partial charge on any atom is -0.474 e. The lowest BCUT2D eigenvalue weighted by molar-refractivity contribution is 0.206. The fourth-order valence-electron chi connectivity index (χ4n) is 2.37. The van der Waals surface area contributed by atoms with Gasteiger partial charge in [-0.25, -0.2) is 0 Å². The van der Waals surface area contributed by atoms with Crippen molar-refractivity contribution in [3.63, 3.8) is 0 Å². The molecule has 1 atom stereocenters. The number of nitrogens with two attached hydrogens (primary N) is 2. The van der Waals surface area contributed by atoms with E-state index in [-0.39, 0.29) is 0 Å². The molecule has 0 aromatic heterocycles. The molecule has 4 N–H and O–H groups in total. The number of anilines is 1. The lowest BCUT2D eigenvalue weighted by atomic mass is 10.2. The van der Waals surface area contributed by atoms with E-state index >= 15 is 0 Å². The molecule has 4 nitrogen and oxygen atoms in total. The molecule has 1 unspecified atom stereocenters. The minimum atomic E-state index is -0.422. The summed E-state index contributed by atoms with van der Waals surface area (Å²) >= 11 is 0. The smallest absolute Gasteiger partial charge is 0.181 e. The summed E-state index contributed by atoms with van der Waals surface area (Å²) in [6.07, 6.45) is 14.3. The van der Waals surface area contributed by atoms with Gasteiger partial charge in [-0.1, -0.05) is 30.1 Å². The molecule has 2 aliphatic rings. The number of benzene rings is 1. The first-order valence-electron chi connectivity index (χ1n) is 8.10. The molecule has 0 saturated carbocycles. The van der Waals surface area contributed by atoms with Crippen molar-refractivity contribution in [1.82, 2.24) is 0 Å². The second-order valence-corrected chi connectivity index (χ2v) is 5.60. The Hall–Kier alpha value is -3.32. The summed E-state index contributed by atoms with van der Waals surface area (Å²) in [5, 5.41) is 0. The lowest BCUT2D eigenvalue weighted by Crippen LogP contribution is -2.10. The molecule has 0 radical (unpaired) electrons. The predicted molar refractivity (Wildman–Crippen MR) is 100 cm³/mol. The molecule has 126 valence electrons. The van der Waals surface area contributed by atoms with Crippen LogP contribution in [0.15, 0.2) is 84.0 Å². The van der Waals surface area contributed by atoms with Gasteiger partial charge in [-0.05, 0) is 36.8 Å². The molecule has 4 heteroatoms. The van der Waals surface area contributed by atoms with Crippen molar-refractivity contribution in [3.05, 3.63) is 84.0 Å². The maximum absolute atomic E-state index is 5.99. The van der Waals surface area contributed by atoms with E-state index in [9.17, 15) is 0 Å². The van der Waals surface area contributed by atoms with E-state index < -0.39 is 6.10 Å². The van der Waals surface area contributed by atoms with Crippen LogP contribution in [0.3, 0.4) is 0 Å². The number of rotatable bonds is 4. The molecule has 3 rings (SSSR count). The molecule has 0 fully saturated rings. The van der Waals surface area contributed by atoms with Crippen molar-refractivity contribution in [1.29, 1.82) is 0 Å². The highest BCUT2D eigenvalue weighted by atomic mass is 16.5. The molecule has 0 bridgehead atoms. The van der Waals surface area contributed by atoms with Gasteiger partial charge in [-0.3, -0.25) is 0 Å². The van der Waals surface area contributed by atoms with Gasteiger partial charge in [-0.2, -0.15) is 0 Å².